The van der Waals surface area contributed by atoms with Gasteiger partial charge in [-0.05, 0) is 43.0 Å². The highest BCUT2D eigenvalue weighted by Gasteiger charge is 2.60. The molecule has 1 saturated carbocycles. The first-order valence-electron chi connectivity index (χ1n) is 9.71. The van der Waals surface area contributed by atoms with Crippen LogP contribution in [-0.2, 0) is 24.3 Å². The highest BCUT2D eigenvalue weighted by atomic mass is 35.5. The zero-order valence-electron chi connectivity index (χ0n) is 16.6. The quantitative estimate of drug-likeness (QED) is 0.660. The van der Waals surface area contributed by atoms with E-state index in [9.17, 15) is 35.9 Å². The van der Waals surface area contributed by atoms with Crippen LogP contribution in [0.4, 0.5) is 26.3 Å². The van der Waals surface area contributed by atoms with E-state index in [4.69, 9.17) is 0 Å². The lowest BCUT2D eigenvalue weighted by molar-refractivity contribution is -0.139. The predicted molar refractivity (Wildman–Crippen MR) is 106 cm³/mol. The number of aryl methyl sites for hydroxylation is 1. The molecule has 2 fully saturated rings. The summed E-state index contributed by atoms with van der Waals surface area (Å²) in [6, 6.07) is 5.21. The van der Waals surface area contributed by atoms with Gasteiger partial charge in [0.15, 0.2) is 0 Å². The Hall–Kier alpha value is -2.27. The van der Waals surface area contributed by atoms with E-state index in [-0.39, 0.29) is 24.4 Å². The van der Waals surface area contributed by atoms with Crippen LogP contribution >= 0.6 is 12.4 Å². The van der Waals surface area contributed by atoms with Gasteiger partial charge in [-0.25, -0.2) is 4.79 Å². The van der Waals surface area contributed by atoms with Gasteiger partial charge in [-0.1, -0.05) is 12.1 Å². The summed E-state index contributed by atoms with van der Waals surface area (Å²) in [6.45, 7) is 1.92. The standard InChI is InChI=1S/C20H19F6N3O2.ClH/c21-19(22,23)13-4-2-12(3-5-13)18-8-14(18)9-28(11-18)6-1-7-29-10-15(20(24,25)26)16(30)27-17(29)31;/h2-5,10,14H,1,6-9,11H2,(H,27,30,31);1H/t14-,18+;/m0./s1. The molecular weight excluding hydrogens is 464 g/mol. The minimum Gasteiger partial charge on any atom is -0.302 e. The first kappa shape index (κ1) is 24.4. The normalized spacial score (nSPS) is 23.0. The van der Waals surface area contributed by atoms with Gasteiger partial charge < -0.3 is 4.90 Å². The molecule has 176 valence electrons. The molecule has 12 heteroatoms. The molecule has 1 aromatic heterocycles. The largest absolute Gasteiger partial charge is 0.423 e. The molecule has 1 aliphatic heterocycles. The summed E-state index contributed by atoms with van der Waals surface area (Å²) in [7, 11) is 0. The Balaban J connectivity index is 0.00000289. The monoisotopic (exact) mass is 483 g/mol. The zero-order chi connectivity index (χ0) is 22.6. The van der Waals surface area contributed by atoms with Crippen LogP contribution in [0.1, 0.15) is 29.5 Å². The second-order valence-electron chi connectivity index (χ2n) is 8.21. The lowest BCUT2D eigenvalue weighted by Crippen LogP contribution is -2.35. The summed E-state index contributed by atoms with van der Waals surface area (Å²) < 4.78 is 77.7. The van der Waals surface area contributed by atoms with Crippen LogP contribution in [0.3, 0.4) is 0 Å². The first-order valence-corrected chi connectivity index (χ1v) is 9.71. The van der Waals surface area contributed by atoms with Crippen LogP contribution in [0.5, 0.6) is 0 Å². The molecule has 32 heavy (non-hydrogen) atoms. The zero-order valence-corrected chi connectivity index (χ0v) is 17.4. The minimum absolute atomic E-state index is 0. The van der Waals surface area contributed by atoms with Crippen molar-refractivity contribution in [2.75, 3.05) is 19.6 Å². The van der Waals surface area contributed by atoms with Gasteiger partial charge in [-0.15, -0.1) is 12.4 Å². The summed E-state index contributed by atoms with van der Waals surface area (Å²) in [5.74, 6) is 0.330. The highest BCUT2D eigenvalue weighted by molar-refractivity contribution is 5.85. The van der Waals surface area contributed by atoms with Crippen LogP contribution < -0.4 is 11.2 Å². The molecule has 4 rings (SSSR count). The van der Waals surface area contributed by atoms with E-state index in [2.05, 4.69) is 4.90 Å². The van der Waals surface area contributed by atoms with Crippen molar-refractivity contribution in [2.24, 2.45) is 5.92 Å². The number of aromatic nitrogens is 2. The Labute approximate surface area is 184 Å². The van der Waals surface area contributed by atoms with E-state index in [1.54, 1.807) is 4.98 Å². The Morgan fingerprint density at radius 2 is 1.66 bits per heavy atom. The SMILES string of the molecule is Cl.O=c1[nH]c(=O)n(CCCN2C[C@@H]3C[C@]3(c3ccc(C(F)(F)F)cc3)C2)cc1C(F)(F)F. The van der Waals surface area contributed by atoms with Crippen molar-refractivity contribution in [1.29, 1.82) is 0 Å². The summed E-state index contributed by atoms with van der Waals surface area (Å²) in [5, 5.41) is 0. The Morgan fingerprint density at radius 1 is 1.00 bits per heavy atom. The molecule has 0 spiro atoms. The minimum atomic E-state index is -4.85. The molecule has 2 heterocycles. The number of benzene rings is 1. The Kier molecular flexibility index (Phi) is 6.29. The average molecular weight is 484 g/mol. The number of likely N-dealkylation sites (tertiary alicyclic amines) is 1. The number of hydrogen-bond donors (Lipinski definition) is 1. The molecule has 2 aromatic rings. The first-order chi connectivity index (χ1) is 14.4. The number of piperidine rings is 1. The molecule has 1 aliphatic carbocycles. The maximum atomic E-state index is 12.9. The molecule has 0 amide bonds. The molecule has 0 radical (unpaired) electrons. The third-order valence-electron chi connectivity index (χ3n) is 6.19. The van der Waals surface area contributed by atoms with Crippen molar-refractivity contribution in [1.82, 2.24) is 14.5 Å². The molecule has 1 aromatic carbocycles. The molecule has 0 unspecified atom stereocenters. The third-order valence-corrected chi connectivity index (χ3v) is 6.19. The van der Waals surface area contributed by atoms with Gasteiger partial charge in [0.25, 0.3) is 5.56 Å². The highest BCUT2D eigenvalue weighted by Crippen LogP contribution is 2.59. The fourth-order valence-corrected chi connectivity index (χ4v) is 4.54. The summed E-state index contributed by atoms with van der Waals surface area (Å²) in [5.41, 5.74) is -3.79. The van der Waals surface area contributed by atoms with Crippen molar-refractivity contribution in [3.63, 3.8) is 0 Å². The fourth-order valence-electron chi connectivity index (χ4n) is 4.54. The molecule has 2 atom stereocenters. The van der Waals surface area contributed by atoms with Crippen molar-refractivity contribution < 1.29 is 26.3 Å². The Bertz CT molecular complexity index is 1090. The molecule has 1 N–H and O–H groups in total. The lowest BCUT2D eigenvalue weighted by atomic mass is 9.94. The third kappa shape index (κ3) is 4.59. The summed E-state index contributed by atoms with van der Waals surface area (Å²) in [4.78, 5) is 26.9. The van der Waals surface area contributed by atoms with Crippen molar-refractivity contribution in [2.45, 2.75) is 37.2 Å². The second-order valence-corrected chi connectivity index (χ2v) is 8.21. The van der Waals surface area contributed by atoms with E-state index >= 15 is 0 Å². The van der Waals surface area contributed by atoms with Gasteiger partial charge in [-0.2, -0.15) is 26.3 Å². The van der Waals surface area contributed by atoms with Crippen LogP contribution in [-0.4, -0.2) is 34.1 Å². The maximum absolute atomic E-state index is 12.9. The number of rotatable bonds is 5. The van der Waals surface area contributed by atoms with Gasteiger partial charge in [0.1, 0.15) is 5.56 Å². The number of aromatic amines is 1. The Morgan fingerprint density at radius 3 is 2.25 bits per heavy atom. The summed E-state index contributed by atoms with van der Waals surface area (Å²) >= 11 is 0. The van der Waals surface area contributed by atoms with Crippen LogP contribution in [0, 0.1) is 5.92 Å². The predicted octanol–water partition coefficient (Wildman–Crippen LogP) is 3.66. The molecule has 5 nitrogen and oxygen atoms in total. The van der Waals surface area contributed by atoms with Gasteiger partial charge in [0.05, 0.1) is 5.56 Å². The van der Waals surface area contributed by atoms with Gasteiger partial charge in [-0.3, -0.25) is 14.3 Å². The van der Waals surface area contributed by atoms with Crippen molar-refractivity contribution in [3.05, 3.63) is 68.0 Å². The number of halogens is 7. The van der Waals surface area contributed by atoms with Crippen molar-refractivity contribution in [3.8, 4) is 0 Å². The number of fused-ring (bicyclic) bond motifs is 1. The number of nitrogens with one attached hydrogen (secondary N) is 1. The smallest absolute Gasteiger partial charge is 0.302 e. The average Bonchev–Trinajstić information content (AvgIpc) is 3.24. The molecule has 1 saturated heterocycles. The van der Waals surface area contributed by atoms with Gasteiger partial charge in [0.2, 0.25) is 0 Å². The second kappa shape index (κ2) is 8.26. The van der Waals surface area contributed by atoms with E-state index in [0.717, 1.165) is 35.2 Å². The van der Waals surface area contributed by atoms with E-state index in [1.807, 2.05) is 0 Å². The fraction of sp³-hybridized carbons (Fsp3) is 0.500. The van der Waals surface area contributed by atoms with E-state index in [0.29, 0.717) is 31.6 Å². The van der Waals surface area contributed by atoms with Crippen LogP contribution in [0.25, 0.3) is 0 Å². The van der Waals surface area contributed by atoms with Crippen molar-refractivity contribution >= 4 is 12.4 Å². The topological polar surface area (TPSA) is 58.1 Å². The molecular formula is C20H20ClF6N3O2. The summed E-state index contributed by atoms with van der Waals surface area (Å²) in [6.07, 6.45) is -7.42. The number of nitrogens with zero attached hydrogens (tertiary/aromatic N) is 2. The molecule has 0 bridgehead atoms. The van der Waals surface area contributed by atoms with E-state index in [1.165, 1.54) is 12.1 Å². The van der Waals surface area contributed by atoms with Crippen LogP contribution in [0.15, 0.2) is 40.1 Å². The van der Waals surface area contributed by atoms with E-state index < -0.39 is 34.7 Å². The number of hydrogen-bond acceptors (Lipinski definition) is 3. The maximum Gasteiger partial charge on any atom is 0.423 e. The van der Waals surface area contributed by atoms with Gasteiger partial charge >= 0.3 is 18.0 Å². The van der Waals surface area contributed by atoms with Crippen LogP contribution in [0.2, 0.25) is 0 Å². The van der Waals surface area contributed by atoms with Gasteiger partial charge in [0, 0.05) is 31.2 Å². The molecule has 2 aliphatic rings. The number of H-pyrrole nitrogens is 1. The number of alkyl halides is 6. The lowest BCUT2D eigenvalue weighted by Gasteiger charge is -2.21.